The second kappa shape index (κ2) is 7.67. The third-order valence-corrected chi connectivity index (χ3v) is 4.26. The molecule has 2 aromatic rings. The van der Waals surface area contributed by atoms with E-state index in [1.165, 1.54) is 11.3 Å². The molecule has 0 atom stereocenters. The van der Waals surface area contributed by atoms with Gasteiger partial charge in [-0.15, -0.1) is 0 Å². The number of thiazole rings is 1. The molecule has 0 aliphatic carbocycles. The van der Waals surface area contributed by atoms with Gasteiger partial charge in [-0.3, -0.25) is 5.32 Å². The Labute approximate surface area is 145 Å². The number of aromatic nitrogens is 3. The van der Waals surface area contributed by atoms with Gasteiger partial charge in [-0.2, -0.15) is 0 Å². The van der Waals surface area contributed by atoms with Gasteiger partial charge in [0.2, 0.25) is 0 Å². The van der Waals surface area contributed by atoms with Gasteiger partial charge in [0, 0.05) is 25.3 Å². The third kappa shape index (κ3) is 4.72. The van der Waals surface area contributed by atoms with E-state index in [9.17, 15) is 4.79 Å². The Balaban J connectivity index is 2.16. The molecule has 2 N–H and O–H groups in total. The molecule has 2 rings (SSSR count). The van der Waals surface area contributed by atoms with Crippen LogP contribution in [0.15, 0.2) is 12.3 Å². The first-order valence-corrected chi connectivity index (χ1v) is 8.48. The predicted octanol–water partition coefficient (Wildman–Crippen LogP) is 2.97. The van der Waals surface area contributed by atoms with Gasteiger partial charge < -0.3 is 10.1 Å². The molecule has 0 aromatic carbocycles. The van der Waals surface area contributed by atoms with Crippen LogP contribution in [0.2, 0.25) is 0 Å². The van der Waals surface area contributed by atoms with Gasteiger partial charge in [-0.25, -0.2) is 19.7 Å². The molecule has 0 spiro atoms. The molecular weight excluding hydrogens is 326 g/mol. The van der Waals surface area contributed by atoms with Crippen molar-refractivity contribution in [2.75, 3.05) is 25.6 Å². The Bertz CT molecular complexity index is 709. The number of aryl methyl sites for hydroxylation is 1. The maximum absolute atomic E-state index is 11.8. The minimum atomic E-state index is -0.301. The standard InChI is InChI=1S/C16H23N5O2S/c1-10-12(11-6-7-17-13(20-11)16(2,3)4)24-15(19-10)21-14(22)18-8-9-23-5/h6-7H,8-9H2,1-5H3,(H2,18,19,21,22). The van der Waals surface area contributed by atoms with Crippen LogP contribution in [0.5, 0.6) is 0 Å². The van der Waals surface area contributed by atoms with Crippen LogP contribution >= 0.6 is 11.3 Å². The Morgan fingerprint density at radius 3 is 2.75 bits per heavy atom. The fourth-order valence-corrected chi connectivity index (χ4v) is 2.87. The number of nitrogens with zero attached hydrogens (tertiary/aromatic N) is 3. The minimum Gasteiger partial charge on any atom is -0.383 e. The van der Waals surface area contributed by atoms with Gasteiger partial charge in [0.15, 0.2) is 5.13 Å². The maximum atomic E-state index is 11.8. The van der Waals surface area contributed by atoms with Crippen molar-refractivity contribution in [3.63, 3.8) is 0 Å². The Morgan fingerprint density at radius 1 is 1.33 bits per heavy atom. The molecule has 0 unspecified atom stereocenters. The molecule has 0 aliphatic rings. The molecule has 2 amide bonds. The highest BCUT2D eigenvalue weighted by Crippen LogP contribution is 2.32. The molecule has 0 saturated carbocycles. The number of carbonyl (C=O) groups is 1. The van der Waals surface area contributed by atoms with E-state index in [1.807, 2.05) is 13.0 Å². The average molecular weight is 349 g/mol. The number of rotatable bonds is 5. The van der Waals surface area contributed by atoms with Crippen LogP contribution in [-0.4, -0.2) is 41.2 Å². The van der Waals surface area contributed by atoms with Crippen LogP contribution in [0.4, 0.5) is 9.93 Å². The Morgan fingerprint density at radius 2 is 2.08 bits per heavy atom. The molecule has 0 saturated heterocycles. The predicted molar refractivity (Wildman–Crippen MR) is 95.5 cm³/mol. The fourth-order valence-electron chi connectivity index (χ4n) is 1.94. The first-order chi connectivity index (χ1) is 11.3. The highest BCUT2D eigenvalue weighted by molar-refractivity contribution is 7.19. The number of carbonyl (C=O) groups excluding carboxylic acids is 1. The van der Waals surface area contributed by atoms with E-state index in [0.717, 1.165) is 22.1 Å². The summed E-state index contributed by atoms with van der Waals surface area (Å²) in [4.78, 5) is 26.1. The van der Waals surface area contributed by atoms with Crippen molar-refractivity contribution < 1.29 is 9.53 Å². The molecule has 8 heteroatoms. The molecule has 2 heterocycles. The third-order valence-electron chi connectivity index (χ3n) is 3.17. The lowest BCUT2D eigenvalue weighted by molar-refractivity contribution is 0.198. The lowest BCUT2D eigenvalue weighted by Crippen LogP contribution is -2.31. The zero-order valence-electron chi connectivity index (χ0n) is 14.6. The van der Waals surface area contributed by atoms with Crippen molar-refractivity contribution in [2.45, 2.75) is 33.1 Å². The van der Waals surface area contributed by atoms with Crippen LogP contribution in [0.25, 0.3) is 10.6 Å². The molecule has 0 aliphatic heterocycles. The lowest BCUT2D eigenvalue weighted by Gasteiger charge is -2.16. The van der Waals surface area contributed by atoms with Gasteiger partial charge in [0.1, 0.15) is 5.82 Å². The first-order valence-electron chi connectivity index (χ1n) is 7.66. The van der Waals surface area contributed by atoms with E-state index in [4.69, 9.17) is 4.74 Å². The molecule has 2 aromatic heterocycles. The Hall–Kier alpha value is -2.06. The maximum Gasteiger partial charge on any atom is 0.321 e. The monoisotopic (exact) mass is 349 g/mol. The molecule has 130 valence electrons. The summed E-state index contributed by atoms with van der Waals surface area (Å²) >= 11 is 1.39. The molecular formula is C16H23N5O2S. The average Bonchev–Trinajstić information content (AvgIpc) is 2.87. The smallest absolute Gasteiger partial charge is 0.321 e. The van der Waals surface area contributed by atoms with Gasteiger partial charge in [0.25, 0.3) is 0 Å². The van der Waals surface area contributed by atoms with Gasteiger partial charge in [-0.05, 0) is 13.0 Å². The normalized spacial score (nSPS) is 11.4. The van der Waals surface area contributed by atoms with Gasteiger partial charge in [-0.1, -0.05) is 32.1 Å². The topological polar surface area (TPSA) is 89.0 Å². The molecule has 0 bridgehead atoms. The highest BCUT2D eigenvalue weighted by atomic mass is 32.1. The largest absolute Gasteiger partial charge is 0.383 e. The number of ether oxygens (including phenoxy) is 1. The van der Waals surface area contributed by atoms with Crippen LogP contribution in [0.1, 0.15) is 32.3 Å². The summed E-state index contributed by atoms with van der Waals surface area (Å²) in [5.41, 5.74) is 1.51. The summed E-state index contributed by atoms with van der Waals surface area (Å²) in [5, 5.41) is 5.97. The van der Waals surface area contributed by atoms with Crippen molar-refractivity contribution in [3.05, 3.63) is 23.8 Å². The number of hydrogen-bond acceptors (Lipinski definition) is 6. The van der Waals surface area contributed by atoms with Crippen molar-refractivity contribution in [3.8, 4) is 10.6 Å². The number of amides is 2. The van der Waals surface area contributed by atoms with Crippen LogP contribution in [-0.2, 0) is 10.2 Å². The quantitative estimate of drug-likeness (QED) is 0.810. The van der Waals surface area contributed by atoms with Crippen molar-refractivity contribution in [1.82, 2.24) is 20.3 Å². The SMILES string of the molecule is COCCNC(=O)Nc1nc(C)c(-c2ccnc(C(C)(C)C)n2)s1. The van der Waals surface area contributed by atoms with Gasteiger partial charge in [0.05, 0.1) is 22.9 Å². The molecule has 24 heavy (non-hydrogen) atoms. The van der Waals surface area contributed by atoms with Crippen molar-refractivity contribution in [2.24, 2.45) is 0 Å². The number of urea groups is 1. The Kier molecular flexibility index (Phi) is 5.84. The molecule has 0 radical (unpaired) electrons. The fraction of sp³-hybridized carbons (Fsp3) is 0.500. The van der Waals surface area contributed by atoms with Crippen LogP contribution in [0, 0.1) is 6.92 Å². The number of methoxy groups -OCH3 is 1. The zero-order chi connectivity index (χ0) is 17.7. The van der Waals surface area contributed by atoms with E-state index in [2.05, 4.69) is 46.4 Å². The lowest BCUT2D eigenvalue weighted by atomic mass is 9.95. The van der Waals surface area contributed by atoms with Crippen LogP contribution in [0.3, 0.4) is 0 Å². The van der Waals surface area contributed by atoms with Crippen molar-refractivity contribution in [1.29, 1.82) is 0 Å². The number of hydrogen-bond donors (Lipinski definition) is 2. The van der Waals surface area contributed by atoms with E-state index in [0.29, 0.717) is 18.3 Å². The van der Waals surface area contributed by atoms with Crippen LogP contribution < -0.4 is 10.6 Å². The minimum absolute atomic E-state index is 0.128. The number of nitrogens with one attached hydrogen (secondary N) is 2. The zero-order valence-corrected chi connectivity index (χ0v) is 15.5. The van der Waals surface area contributed by atoms with E-state index < -0.39 is 0 Å². The first kappa shape index (κ1) is 18.3. The number of anilines is 1. The summed E-state index contributed by atoms with van der Waals surface area (Å²) in [5.74, 6) is 0.777. The second-order valence-corrected chi connectivity index (χ2v) is 7.32. The van der Waals surface area contributed by atoms with Gasteiger partial charge >= 0.3 is 6.03 Å². The summed E-state index contributed by atoms with van der Waals surface area (Å²) in [6.07, 6.45) is 1.76. The second-order valence-electron chi connectivity index (χ2n) is 6.32. The molecule has 7 nitrogen and oxygen atoms in total. The summed E-state index contributed by atoms with van der Waals surface area (Å²) in [6.45, 7) is 9.03. The van der Waals surface area contributed by atoms with Crippen molar-refractivity contribution >= 4 is 22.5 Å². The van der Waals surface area contributed by atoms with E-state index >= 15 is 0 Å². The van der Waals surface area contributed by atoms with E-state index in [1.54, 1.807) is 13.3 Å². The highest BCUT2D eigenvalue weighted by Gasteiger charge is 2.19. The summed E-state index contributed by atoms with van der Waals surface area (Å²) in [7, 11) is 1.59. The molecule has 0 fully saturated rings. The summed E-state index contributed by atoms with van der Waals surface area (Å²) < 4.78 is 4.89. The van der Waals surface area contributed by atoms with E-state index in [-0.39, 0.29) is 11.4 Å². The summed E-state index contributed by atoms with van der Waals surface area (Å²) in [6, 6.07) is 1.56.